The number of methoxy groups -OCH3 is 1. The van der Waals surface area contributed by atoms with E-state index in [1.165, 1.54) is 19.2 Å². The van der Waals surface area contributed by atoms with Gasteiger partial charge in [-0.05, 0) is 23.8 Å². The van der Waals surface area contributed by atoms with E-state index in [9.17, 15) is 9.18 Å². The van der Waals surface area contributed by atoms with E-state index in [4.69, 9.17) is 9.84 Å². The quantitative estimate of drug-likeness (QED) is 0.849. The summed E-state index contributed by atoms with van der Waals surface area (Å²) < 4.78 is 18.0. The van der Waals surface area contributed by atoms with Crippen LogP contribution in [0.1, 0.15) is 5.56 Å². The summed E-state index contributed by atoms with van der Waals surface area (Å²) in [5, 5.41) is 8.90. The Bertz CT molecular complexity index is 407. The lowest BCUT2D eigenvalue weighted by Crippen LogP contribution is -2.26. The fourth-order valence-corrected chi connectivity index (χ4v) is 1.63. The summed E-state index contributed by atoms with van der Waals surface area (Å²) in [4.78, 5) is 12.7. The SMILES string of the molecule is COC(Cc1cc(F)ccc1N(C)C)C(=O)O. The minimum Gasteiger partial charge on any atom is -0.479 e. The number of benzene rings is 1. The number of halogens is 1. The third kappa shape index (κ3) is 3.42. The maximum Gasteiger partial charge on any atom is 0.333 e. The van der Waals surface area contributed by atoms with Crippen LogP contribution in [0.5, 0.6) is 0 Å². The molecule has 0 radical (unpaired) electrons. The van der Waals surface area contributed by atoms with Crippen LogP contribution in [0.15, 0.2) is 18.2 Å². The lowest BCUT2D eigenvalue weighted by atomic mass is 10.0. The molecule has 1 N–H and O–H groups in total. The van der Waals surface area contributed by atoms with Gasteiger partial charge in [0.25, 0.3) is 0 Å². The number of aliphatic carboxylic acids is 1. The summed E-state index contributed by atoms with van der Waals surface area (Å²) in [6.07, 6.45) is -0.826. The fourth-order valence-electron chi connectivity index (χ4n) is 1.63. The molecule has 5 heteroatoms. The molecule has 1 unspecified atom stereocenters. The Morgan fingerprint density at radius 1 is 1.53 bits per heavy atom. The van der Waals surface area contributed by atoms with Crippen LogP contribution in [0.2, 0.25) is 0 Å². The van der Waals surface area contributed by atoms with Crippen molar-refractivity contribution in [3.8, 4) is 0 Å². The molecule has 0 fully saturated rings. The van der Waals surface area contributed by atoms with Crippen LogP contribution in [0.4, 0.5) is 10.1 Å². The standard InChI is InChI=1S/C12H16FNO3/c1-14(2)10-5-4-9(13)6-8(10)7-11(17-3)12(15)16/h4-6,11H,7H2,1-3H3,(H,15,16). The highest BCUT2D eigenvalue weighted by molar-refractivity contribution is 5.73. The van der Waals surface area contributed by atoms with Crippen molar-refractivity contribution in [3.05, 3.63) is 29.6 Å². The first-order valence-corrected chi connectivity index (χ1v) is 5.17. The Hall–Kier alpha value is -1.62. The molecule has 1 aromatic carbocycles. The van der Waals surface area contributed by atoms with Gasteiger partial charge in [-0.3, -0.25) is 0 Å². The summed E-state index contributed by atoms with van der Waals surface area (Å²) >= 11 is 0. The van der Waals surface area contributed by atoms with Crippen LogP contribution in [-0.2, 0) is 16.0 Å². The van der Waals surface area contributed by atoms with Gasteiger partial charge < -0.3 is 14.7 Å². The molecule has 1 atom stereocenters. The van der Waals surface area contributed by atoms with Crippen molar-refractivity contribution in [3.63, 3.8) is 0 Å². The maximum absolute atomic E-state index is 13.2. The van der Waals surface area contributed by atoms with Crippen LogP contribution in [0.3, 0.4) is 0 Å². The summed E-state index contributed by atoms with van der Waals surface area (Å²) in [6.45, 7) is 0. The number of anilines is 1. The Morgan fingerprint density at radius 3 is 2.65 bits per heavy atom. The second-order valence-electron chi connectivity index (χ2n) is 3.93. The van der Waals surface area contributed by atoms with E-state index in [2.05, 4.69) is 0 Å². The molecule has 0 saturated carbocycles. The molecule has 0 heterocycles. The molecule has 0 aliphatic carbocycles. The highest BCUT2D eigenvalue weighted by Crippen LogP contribution is 2.21. The molecule has 0 bridgehead atoms. The van der Waals surface area contributed by atoms with Gasteiger partial charge in [-0.25, -0.2) is 9.18 Å². The van der Waals surface area contributed by atoms with Crippen LogP contribution >= 0.6 is 0 Å². The Kier molecular flexibility index (Phi) is 4.45. The molecule has 17 heavy (non-hydrogen) atoms. The van der Waals surface area contributed by atoms with Crippen molar-refractivity contribution in [1.29, 1.82) is 0 Å². The average molecular weight is 241 g/mol. The topological polar surface area (TPSA) is 49.8 Å². The number of carboxylic acid groups (broad SMARTS) is 1. The molecule has 94 valence electrons. The summed E-state index contributed by atoms with van der Waals surface area (Å²) in [5.41, 5.74) is 1.40. The second-order valence-corrected chi connectivity index (χ2v) is 3.93. The average Bonchev–Trinajstić information content (AvgIpc) is 2.25. The number of carbonyl (C=O) groups is 1. The Labute approximate surface area is 99.6 Å². The molecule has 1 aromatic rings. The van der Waals surface area contributed by atoms with E-state index < -0.39 is 12.1 Å². The number of ether oxygens (including phenoxy) is 1. The zero-order valence-corrected chi connectivity index (χ0v) is 10.1. The molecule has 0 aromatic heterocycles. The number of rotatable bonds is 5. The third-order valence-electron chi connectivity index (χ3n) is 2.49. The van der Waals surface area contributed by atoms with Crippen molar-refractivity contribution >= 4 is 11.7 Å². The van der Waals surface area contributed by atoms with E-state index in [1.54, 1.807) is 6.07 Å². The van der Waals surface area contributed by atoms with Gasteiger partial charge in [-0.1, -0.05) is 0 Å². The highest BCUT2D eigenvalue weighted by atomic mass is 19.1. The minimum atomic E-state index is -1.05. The maximum atomic E-state index is 13.2. The van der Waals surface area contributed by atoms with E-state index in [0.29, 0.717) is 5.56 Å². The lowest BCUT2D eigenvalue weighted by molar-refractivity contribution is -0.148. The molecule has 0 saturated heterocycles. The zero-order valence-electron chi connectivity index (χ0n) is 10.1. The van der Waals surface area contributed by atoms with E-state index in [0.717, 1.165) is 5.69 Å². The molecular formula is C12H16FNO3. The van der Waals surface area contributed by atoms with Crippen molar-refractivity contribution in [1.82, 2.24) is 0 Å². The normalized spacial score (nSPS) is 12.2. The van der Waals surface area contributed by atoms with Gasteiger partial charge in [-0.15, -0.1) is 0 Å². The third-order valence-corrected chi connectivity index (χ3v) is 2.49. The van der Waals surface area contributed by atoms with Crippen LogP contribution in [-0.4, -0.2) is 38.4 Å². The van der Waals surface area contributed by atoms with E-state index in [-0.39, 0.29) is 12.2 Å². The summed E-state index contributed by atoms with van der Waals surface area (Å²) in [6, 6.07) is 4.31. The zero-order chi connectivity index (χ0) is 13.0. The van der Waals surface area contributed by atoms with E-state index in [1.807, 2.05) is 19.0 Å². The predicted octanol–water partition coefficient (Wildman–Crippen LogP) is 1.53. The fraction of sp³-hybridized carbons (Fsp3) is 0.417. The first-order valence-electron chi connectivity index (χ1n) is 5.17. The lowest BCUT2D eigenvalue weighted by Gasteiger charge is -2.19. The van der Waals surface area contributed by atoms with Crippen molar-refractivity contribution in [2.75, 3.05) is 26.1 Å². The molecule has 0 amide bonds. The first kappa shape index (κ1) is 13.4. The first-order chi connectivity index (χ1) is 7.95. The number of carboxylic acids is 1. The van der Waals surface area contributed by atoms with Gasteiger partial charge in [-0.2, -0.15) is 0 Å². The number of nitrogens with zero attached hydrogens (tertiary/aromatic N) is 1. The molecular weight excluding hydrogens is 225 g/mol. The molecule has 0 aliphatic rings. The van der Waals surface area contributed by atoms with Crippen LogP contribution in [0, 0.1) is 5.82 Å². The van der Waals surface area contributed by atoms with Gasteiger partial charge >= 0.3 is 5.97 Å². The van der Waals surface area contributed by atoms with Gasteiger partial charge in [0.15, 0.2) is 6.10 Å². The van der Waals surface area contributed by atoms with Gasteiger partial charge in [0.1, 0.15) is 5.82 Å². The number of hydrogen-bond donors (Lipinski definition) is 1. The largest absolute Gasteiger partial charge is 0.479 e. The van der Waals surface area contributed by atoms with Gasteiger partial charge in [0, 0.05) is 33.3 Å². The Balaban J connectivity index is 3.02. The van der Waals surface area contributed by atoms with Crippen molar-refractivity contribution in [2.45, 2.75) is 12.5 Å². The van der Waals surface area contributed by atoms with Crippen molar-refractivity contribution in [2.24, 2.45) is 0 Å². The van der Waals surface area contributed by atoms with Gasteiger partial charge in [0.05, 0.1) is 0 Å². The molecule has 0 spiro atoms. The van der Waals surface area contributed by atoms with Crippen molar-refractivity contribution < 1.29 is 19.0 Å². The summed E-state index contributed by atoms with van der Waals surface area (Å²) in [5.74, 6) is -1.44. The molecule has 1 rings (SSSR count). The molecule has 4 nitrogen and oxygen atoms in total. The monoisotopic (exact) mass is 241 g/mol. The van der Waals surface area contributed by atoms with E-state index >= 15 is 0 Å². The predicted molar refractivity (Wildman–Crippen MR) is 62.9 cm³/mol. The smallest absolute Gasteiger partial charge is 0.333 e. The van der Waals surface area contributed by atoms with Crippen LogP contribution < -0.4 is 4.90 Å². The minimum absolute atomic E-state index is 0.136. The van der Waals surface area contributed by atoms with Gasteiger partial charge in [0.2, 0.25) is 0 Å². The molecule has 0 aliphatic heterocycles. The second kappa shape index (κ2) is 5.63. The van der Waals surface area contributed by atoms with Crippen LogP contribution in [0.25, 0.3) is 0 Å². The number of hydrogen-bond acceptors (Lipinski definition) is 3. The highest BCUT2D eigenvalue weighted by Gasteiger charge is 2.19. The summed E-state index contributed by atoms with van der Waals surface area (Å²) in [7, 11) is 4.96. The Morgan fingerprint density at radius 2 is 2.18 bits per heavy atom.